The Morgan fingerprint density at radius 1 is 0.633 bits per heavy atom. The summed E-state index contributed by atoms with van der Waals surface area (Å²) < 4.78 is 0. The molecular weight excluding hydrogens is 388 g/mol. The highest BCUT2D eigenvalue weighted by molar-refractivity contribution is 6.31. The van der Waals surface area contributed by atoms with Crippen LogP contribution >= 0.6 is 11.6 Å². The molecule has 0 bridgehead atoms. The predicted molar refractivity (Wildman–Crippen MR) is 126 cm³/mol. The number of aromatic nitrogens is 2. The molecule has 3 heteroatoms. The van der Waals surface area contributed by atoms with Crippen LogP contribution in [0.15, 0.2) is 97.1 Å². The average molecular weight is 407 g/mol. The van der Waals surface area contributed by atoms with Crippen LogP contribution in [-0.2, 0) is 0 Å². The van der Waals surface area contributed by atoms with Gasteiger partial charge in [-0.15, -0.1) is 0 Å². The Kier molecular flexibility index (Phi) is 4.78. The molecule has 0 saturated carbocycles. The molecule has 1 heterocycles. The van der Waals surface area contributed by atoms with Crippen LogP contribution in [0, 0.1) is 6.92 Å². The fraction of sp³-hybridized carbons (Fsp3) is 0.0370. The second-order valence-electron chi connectivity index (χ2n) is 7.33. The van der Waals surface area contributed by atoms with E-state index in [1.807, 2.05) is 54.6 Å². The van der Waals surface area contributed by atoms with Gasteiger partial charge in [-0.05, 0) is 42.3 Å². The van der Waals surface area contributed by atoms with Crippen molar-refractivity contribution in [2.45, 2.75) is 6.92 Å². The van der Waals surface area contributed by atoms with E-state index in [9.17, 15) is 0 Å². The maximum Gasteiger partial charge on any atom is 0.161 e. The lowest BCUT2D eigenvalue weighted by Crippen LogP contribution is -1.97. The average Bonchev–Trinajstić information content (AvgIpc) is 2.79. The smallest absolute Gasteiger partial charge is 0.161 e. The minimum Gasteiger partial charge on any atom is -0.228 e. The van der Waals surface area contributed by atoms with Crippen molar-refractivity contribution in [1.29, 1.82) is 0 Å². The molecule has 0 aliphatic heterocycles. The van der Waals surface area contributed by atoms with Crippen molar-refractivity contribution < 1.29 is 0 Å². The van der Waals surface area contributed by atoms with E-state index in [0.29, 0.717) is 10.8 Å². The zero-order chi connectivity index (χ0) is 20.5. The molecule has 0 aliphatic rings. The van der Waals surface area contributed by atoms with Gasteiger partial charge in [0.1, 0.15) is 0 Å². The standard InChI is InChI=1S/C27H19ClN2/c1-18-11-13-19(14-12-18)24-17-21(28)15-16-22(24)27-29-25-10-6-5-9-23(25)26(30-27)20-7-3-2-4-8-20/h2-17H,1H3. The highest BCUT2D eigenvalue weighted by atomic mass is 35.5. The summed E-state index contributed by atoms with van der Waals surface area (Å²) in [5.41, 5.74) is 7.23. The molecule has 0 aliphatic carbocycles. The lowest BCUT2D eigenvalue weighted by atomic mass is 9.97. The Hall–Kier alpha value is -3.49. The van der Waals surface area contributed by atoms with Crippen LogP contribution in [0.1, 0.15) is 5.56 Å². The lowest BCUT2D eigenvalue weighted by Gasteiger charge is -2.13. The fourth-order valence-electron chi connectivity index (χ4n) is 3.70. The number of nitrogens with zero attached hydrogens (tertiary/aromatic N) is 2. The summed E-state index contributed by atoms with van der Waals surface area (Å²) >= 11 is 6.37. The number of aryl methyl sites for hydroxylation is 1. The van der Waals surface area contributed by atoms with Gasteiger partial charge in [0.05, 0.1) is 11.2 Å². The largest absolute Gasteiger partial charge is 0.228 e. The molecule has 0 spiro atoms. The SMILES string of the molecule is Cc1ccc(-c2cc(Cl)ccc2-c2nc(-c3ccccc3)c3ccccc3n2)cc1. The summed E-state index contributed by atoms with van der Waals surface area (Å²) in [7, 11) is 0. The molecule has 0 saturated heterocycles. The number of hydrogen-bond acceptors (Lipinski definition) is 2. The maximum atomic E-state index is 6.37. The molecule has 1 aromatic heterocycles. The van der Waals surface area contributed by atoms with Gasteiger partial charge in [-0.1, -0.05) is 90.0 Å². The summed E-state index contributed by atoms with van der Waals surface area (Å²) in [6, 6.07) is 32.7. The van der Waals surface area contributed by atoms with Gasteiger partial charge in [0.15, 0.2) is 5.82 Å². The molecule has 144 valence electrons. The fourth-order valence-corrected chi connectivity index (χ4v) is 3.87. The summed E-state index contributed by atoms with van der Waals surface area (Å²) in [5, 5.41) is 1.73. The van der Waals surface area contributed by atoms with Gasteiger partial charge >= 0.3 is 0 Å². The van der Waals surface area contributed by atoms with E-state index in [0.717, 1.165) is 38.9 Å². The van der Waals surface area contributed by atoms with Crippen molar-refractivity contribution in [3.05, 3.63) is 108 Å². The molecule has 0 atom stereocenters. The number of rotatable bonds is 3. The second kappa shape index (κ2) is 7.74. The molecular formula is C27H19ClN2. The van der Waals surface area contributed by atoms with E-state index < -0.39 is 0 Å². The van der Waals surface area contributed by atoms with Crippen molar-refractivity contribution in [2.24, 2.45) is 0 Å². The third-order valence-corrected chi connectivity index (χ3v) is 5.47. The second-order valence-corrected chi connectivity index (χ2v) is 7.77. The van der Waals surface area contributed by atoms with Crippen molar-refractivity contribution in [1.82, 2.24) is 9.97 Å². The molecule has 0 radical (unpaired) electrons. The van der Waals surface area contributed by atoms with E-state index in [4.69, 9.17) is 21.6 Å². The van der Waals surface area contributed by atoms with Gasteiger partial charge in [0, 0.05) is 21.5 Å². The molecule has 4 aromatic carbocycles. The molecule has 5 rings (SSSR count). The van der Waals surface area contributed by atoms with E-state index in [-0.39, 0.29) is 0 Å². The number of fused-ring (bicyclic) bond motifs is 1. The van der Waals surface area contributed by atoms with Crippen LogP contribution in [0.4, 0.5) is 0 Å². The van der Waals surface area contributed by atoms with E-state index in [2.05, 4.69) is 49.4 Å². The van der Waals surface area contributed by atoms with E-state index in [1.54, 1.807) is 0 Å². The molecule has 0 fully saturated rings. The Morgan fingerprint density at radius 2 is 1.37 bits per heavy atom. The monoisotopic (exact) mass is 406 g/mol. The minimum atomic E-state index is 0.693. The topological polar surface area (TPSA) is 25.8 Å². The zero-order valence-electron chi connectivity index (χ0n) is 16.5. The van der Waals surface area contributed by atoms with Gasteiger partial charge in [0.25, 0.3) is 0 Å². The van der Waals surface area contributed by atoms with Crippen LogP contribution < -0.4 is 0 Å². The maximum absolute atomic E-state index is 6.37. The van der Waals surface area contributed by atoms with Crippen molar-refractivity contribution in [3.63, 3.8) is 0 Å². The van der Waals surface area contributed by atoms with Crippen molar-refractivity contribution in [2.75, 3.05) is 0 Å². The Balaban J connectivity index is 1.78. The minimum absolute atomic E-state index is 0.693. The molecule has 30 heavy (non-hydrogen) atoms. The van der Waals surface area contributed by atoms with Crippen LogP contribution in [0.3, 0.4) is 0 Å². The first-order valence-corrected chi connectivity index (χ1v) is 10.3. The van der Waals surface area contributed by atoms with Gasteiger partial charge in [-0.3, -0.25) is 0 Å². The summed E-state index contributed by atoms with van der Waals surface area (Å²) in [6.45, 7) is 2.08. The summed E-state index contributed by atoms with van der Waals surface area (Å²) in [6.07, 6.45) is 0. The van der Waals surface area contributed by atoms with Crippen LogP contribution in [-0.4, -0.2) is 9.97 Å². The number of para-hydroxylation sites is 1. The predicted octanol–water partition coefficient (Wildman–Crippen LogP) is 7.59. The van der Waals surface area contributed by atoms with Gasteiger partial charge in [-0.25, -0.2) is 9.97 Å². The first kappa shape index (κ1) is 18.5. The zero-order valence-corrected chi connectivity index (χ0v) is 17.3. The molecule has 0 unspecified atom stereocenters. The molecule has 5 aromatic rings. The number of hydrogen-bond donors (Lipinski definition) is 0. The number of benzene rings is 4. The Bertz CT molecular complexity index is 1340. The third kappa shape index (κ3) is 3.47. The highest BCUT2D eigenvalue weighted by Gasteiger charge is 2.15. The molecule has 0 amide bonds. The summed E-state index contributed by atoms with van der Waals surface area (Å²) in [4.78, 5) is 9.93. The normalized spacial score (nSPS) is 11.0. The van der Waals surface area contributed by atoms with Crippen LogP contribution in [0.25, 0.3) is 44.7 Å². The van der Waals surface area contributed by atoms with Gasteiger partial charge < -0.3 is 0 Å². The van der Waals surface area contributed by atoms with E-state index in [1.165, 1.54) is 5.56 Å². The lowest BCUT2D eigenvalue weighted by molar-refractivity contribution is 1.23. The molecule has 0 N–H and O–H groups in total. The van der Waals surface area contributed by atoms with Gasteiger partial charge in [0.2, 0.25) is 0 Å². The van der Waals surface area contributed by atoms with Crippen molar-refractivity contribution in [3.8, 4) is 33.8 Å². The summed E-state index contributed by atoms with van der Waals surface area (Å²) in [5.74, 6) is 0.694. The first-order valence-electron chi connectivity index (χ1n) is 9.88. The quantitative estimate of drug-likeness (QED) is 0.308. The number of halogens is 1. The van der Waals surface area contributed by atoms with Crippen LogP contribution in [0.5, 0.6) is 0 Å². The Morgan fingerprint density at radius 3 is 2.17 bits per heavy atom. The Labute approximate surface area is 180 Å². The molecule has 2 nitrogen and oxygen atoms in total. The van der Waals surface area contributed by atoms with Crippen LogP contribution in [0.2, 0.25) is 5.02 Å². The first-order chi connectivity index (χ1) is 14.7. The third-order valence-electron chi connectivity index (χ3n) is 5.24. The van der Waals surface area contributed by atoms with E-state index >= 15 is 0 Å². The highest BCUT2D eigenvalue weighted by Crippen LogP contribution is 2.35. The van der Waals surface area contributed by atoms with Gasteiger partial charge in [-0.2, -0.15) is 0 Å². The van der Waals surface area contributed by atoms with Crippen molar-refractivity contribution >= 4 is 22.5 Å².